The van der Waals surface area contributed by atoms with Gasteiger partial charge in [0.15, 0.2) is 5.17 Å². The molecule has 1 aromatic heterocycles. The molecule has 4 atom stereocenters. The largest absolute Gasteiger partial charge is 0.490 e. The SMILES string of the molecule is NC1=N[C@]2(CS1)c1cc(-c3cncnc3)ccc1OC1CC[C@H](OCC3CC3)CC12. The Hall–Kier alpha value is -2.12. The third-order valence-corrected chi connectivity index (χ3v) is 7.96. The van der Waals surface area contributed by atoms with E-state index in [4.69, 9.17) is 20.2 Å². The Kier molecular flexibility index (Phi) is 4.49. The molecule has 0 amide bonds. The van der Waals surface area contributed by atoms with Gasteiger partial charge in [0.25, 0.3) is 0 Å². The van der Waals surface area contributed by atoms with E-state index in [9.17, 15) is 0 Å². The summed E-state index contributed by atoms with van der Waals surface area (Å²) >= 11 is 1.66. The van der Waals surface area contributed by atoms with Crippen LogP contribution in [0.2, 0.25) is 0 Å². The van der Waals surface area contributed by atoms with Gasteiger partial charge in [0.05, 0.1) is 6.10 Å². The minimum Gasteiger partial charge on any atom is -0.490 e. The van der Waals surface area contributed by atoms with Crippen molar-refractivity contribution >= 4 is 16.9 Å². The summed E-state index contributed by atoms with van der Waals surface area (Å²) in [6.07, 6.45) is 11.4. The molecule has 6 rings (SSSR count). The molecule has 30 heavy (non-hydrogen) atoms. The molecular weight excluding hydrogens is 396 g/mol. The van der Waals surface area contributed by atoms with E-state index in [1.807, 2.05) is 12.4 Å². The van der Waals surface area contributed by atoms with Crippen LogP contribution in [-0.4, -0.2) is 39.7 Å². The number of rotatable bonds is 4. The Morgan fingerprint density at radius 3 is 2.77 bits per heavy atom. The van der Waals surface area contributed by atoms with Crippen LogP contribution in [0.3, 0.4) is 0 Å². The van der Waals surface area contributed by atoms with Crippen molar-refractivity contribution in [3.63, 3.8) is 0 Å². The lowest BCUT2D eigenvalue weighted by atomic mass is 9.67. The molecule has 2 fully saturated rings. The zero-order valence-electron chi connectivity index (χ0n) is 16.9. The number of amidine groups is 1. The molecular formula is C23H26N4O2S. The molecule has 6 nitrogen and oxygen atoms in total. The molecule has 2 aromatic rings. The average molecular weight is 423 g/mol. The van der Waals surface area contributed by atoms with E-state index in [-0.39, 0.29) is 17.6 Å². The highest BCUT2D eigenvalue weighted by molar-refractivity contribution is 8.14. The van der Waals surface area contributed by atoms with Crippen molar-refractivity contribution in [2.75, 3.05) is 12.4 Å². The molecule has 1 aromatic carbocycles. The van der Waals surface area contributed by atoms with Gasteiger partial charge in [0, 0.05) is 41.8 Å². The molecule has 2 unspecified atom stereocenters. The molecule has 2 aliphatic heterocycles. The minimum atomic E-state index is -0.347. The first-order chi connectivity index (χ1) is 14.7. The summed E-state index contributed by atoms with van der Waals surface area (Å²) in [6.45, 7) is 0.908. The molecule has 2 N–H and O–H groups in total. The summed E-state index contributed by atoms with van der Waals surface area (Å²) in [4.78, 5) is 13.4. The summed E-state index contributed by atoms with van der Waals surface area (Å²) in [7, 11) is 0. The monoisotopic (exact) mass is 422 g/mol. The second-order valence-corrected chi connectivity index (χ2v) is 9.97. The summed E-state index contributed by atoms with van der Waals surface area (Å²) in [6, 6.07) is 6.38. The van der Waals surface area contributed by atoms with Gasteiger partial charge in [-0.3, -0.25) is 0 Å². The van der Waals surface area contributed by atoms with E-state index in [1.54, 1.807) is 18.1 Å². The maximum Gasteiger partial charge on any atom is 0.154 e. The fourth-order valence-corrected chi connectivity index (χ4v) is 6.22. The quantitative estimate of drug-likeness (QED) is 0.808. The Morgan fingerprint density at radius 1 is 1.13 bits per heavy atom. The molecule has 0 radical (unpaired) electrons. The van der Waals surface area contributed by atoms with Gasteiger partial charge in [0.2, 0.25) is 0 Å². The number of benzene rings is 1. The van der Waals surface area contributed by atoms with Gasteiger partial charge in [0.1, 0.15) is 23.7 Å². The molecule has 0 bridgehead atoms. The lowest BCUT2D eigenvalue weighted by Gasteiger charge is -2.48. The molecule has 7 heteroatoms. The van der Waals surface area contributed by atoms with Crippen molar-refractivity contribution < 1.29 is 9.47 Å². The standard InChI is InChI=1S/C23H26N4O2S/c24-22-27-23(12-30-22)18-7-15(16-9-25-13-26-10-16)3-5-20(18)29-21-6-4-17(8-19(21)23)28-11-14-1-2-14/h3,5,7,9-10,13-14,17,19,21H,1-2,4,6,8,11-12H2,(H2,24,27)/t17-,19?,21?,23+/m0/s1. The predicted octanol–water partition coefficient (Wildman–Crippen LogP) is 3.76. The topological polar surface area (TPSA) is 82.6 Å². The Labute approximate surface area is 180 Å². The zero-order chi connectivity index (χ0) is 20.1. The first-order valence-corrected chi connectivity index (χ1v) is 11.9. The first kappa shape index (κ1) is 18.6. The second kappa shape index (κ2) is 7.24. The fourth-order valence-electron chi connectivity index (χ4n) is 5.19. The third kappa shape index (κ3) is 3.19. The van der Waals surface area contributed by atoms with Crippen LogP contribution in [0.4, 0.5) is 0 Å². The number of aromatic nitrogens is 2. The normalized spacial score (nSPS) is 32.3. The van der Waals surface area contributed by atoms with Crippen LogP contribution in [0.15, 0.2) is 41.9 Å². The van der Waals surface area contributed by atoms with Gasteiger partial charge in [-0.15, -0.1) is 0 Å². The van der Waals surface area contributed by atoms with Gasteiger partial charge in [-0.1, -0.05) is 17.8 Å². The number of nitrogens with two attached hydrogens (primary N) is 1. The minimum absolute atomic E-state index is 0.166. The van der Waals surface area contributed by atoms with Crippen LogP contribution >= 0.6 is 11.8 Å². The summed E-state index contributed by atoms with van der Waals surface area (Å²) in [5, 5.41) is 0.677. The number of hydrogen-bond acceptors (Lipinski definition) is 7. The van der Waals surface area contributed by atoms with Crippen molar-refractivity contribution in [1.82, 2.24) is 9.97 Å². The van der Waals surface area contributed by atoms with E-state index in [1.165, 1.54) is 12.8 Å². The lowest BCUT2D eigenvalue weighted by molar-refractivity contribution is -0.0564. The van der Waals surface area contributed by atoms with Crippen LogP contribution in [0.1, 0.15) is 37.7 Å². The molecule has 4 aliphatic rings. The smallest absolute Gasteiger partial charge is 0.154 e. The van der Waals surface area contributed by atoms with E-state index in [2.05, 4.69) is 28.2 Å². The number of aliphatic imine (C=N–C) groups is 1. The van der Waals surface area contributed by atoms with Gasteiger partial charge < -0.3 is 15.2 Å². The van der Waals surface area contributed by atoms with Crippen LogP contribution in [0.25, 0.3) is 11.1 Å². The van der Waals surface area contributed by atoms with Gasteiger partial charge in [-0.2, -0.15) is 0 Å². The number of hydrogen-bond donors (Lipinski definition) is 1. The van der Waals surface area contributed by atoms with Crippen molar-refractivity contribution in [2.24, 2.45) is 22.6 Å². The van der Waals surface area contributed by atoms with Gasteiger partial charge in [-0.05, 0) is 55.7 Å². The number of ether oxygens (including phenoxy) is 2. The lowest BCUT2D eigenvalue weighted by Crippen LogP contribution is -2.51. The molecule has 1 spiro atoms. The van der Waals surface area contributed by atoms with E-state index >= 15 is 0 Å². The summed E-state index contributed by atoms with van der Waals surface area (Å²) < 4.78 is 12.8. The van der Waals surface area contributed by atoms with E-state index < -0.39 is 0 Å². The Balaban J connectivity index is 1.38. The molecule has 2 saturated carbocycles. The number of fused-ring (bicyclic) bond motifs is 4. The first-order valence-electron chi connectivity index (χ1n) is 10.9. The van der Waals surface area contributed by atoms with Crippen LogP contribution in [0, 0.1) is 11.8 Å². The highest BCUT2D eigenvalue weighted by Gasteiger charge is 2.54. The van der Waals surface area contributed by atoms with Crippen molar-refractivity contribution in [3.05, 3.63) is 42.5 Å². The maximum atomic E-state index is 6.53. The Bertz CT molecular complexity index is 980. The van der Waals surface area contributed by atoms with Gasteiger partial charge in [-0.25, -0.2) is 15.0 Å². The van der Waals surface area contributed by atoms with Crippen LogP contribution < -0.4 is 10.5 Å². The summed E-state index contributed by atoms with van der Waals surface area (Å²) in [5.74, 6) is 2.86. The molecule has 3 heterocycles. The number of thioether (sulfide) groups is 1. The molecule has 0 saturated heterocycles. The van der Waals surface area contributed by atoms with Crippen molar-refractivity contribution in [3.8, 4) is 16.9 Å². The maximum absolute atomic E-state index is 6.53. The average Bonchev–Trinajstić information content (AvgIpc) is 3.54. The van der Waals surface area contributed by atoms with E-state index in [0.717, 1.165) is 60.0 Å². The fraction of sp³-hybridized carbons (Fsp3) is 0.522. The molecule has 2 aliphatic carbocycles. The van der Waals surface area contributed by atoms with Crippen molar-refractivity contribution in [2.45, 2.75) is 49.9 Å². The molecule has 156 valence electrons. The predicted molar refractivity (Wildman–Crippen MR) is 117 cm³/mol. The highest BCUT2D eigenvalue weighted by Crippen LogP contribution is 2.55. The van der Waals surface area contributed by atoms with E-state index in [0.29, 0.717) is 11.3 Å². The van der Waals surface area contributed by atoms with Crippen LogP contribution in [-0.2, 0) is 10.3 Å². The summed E-state index contributed by atoms with van der Waals surface area (Å²) in [5.41, 5.74) is 9.10. The second-order valence-electron chi connectivity index (χ2n) is 8.98. The highest BCUT2D eigenvalue weighted by atomic mass is 32.2. The van der Waals surface area contributed by atoms with Crippen molar-refractivity contribution in [1.29, 1.82) is 0 Å². The number of nitrogens with zero attached hydrogens (tertiary/aromatic N) is 3. The third-order valence-electron chi connectivity index (χ3n) is 6.98. The Morgan fingerprint density at radius 2 is 2.00 bits per heavy atom. The van der Waals surface area contributed by atoms with Gasteiger partial charge >= 0.3 is 0 Å². The zero-order valence-corrected chi connectivity index (χ0v) is 17.7. The van der Waals surface area contributed by atoms with Crippen LogP contribution in [0.5, 0.6) is 5.75 Å².